The Kier molecular flexibility index (Phi) is 4.82. The van der Waals surface area contributed by atoms with E-state index in [1.807, 2.05) is 24.3 Å². The number of imide groups is 1. The molecule has 1 aromatic heterocycles. The van der Waals surface area contributed by atoms with Crippen molar-refractivity contribution in [1.82, 2.24) is 4.90 Å². The molecule has 1 fully saturated rings. The minimum Gasteiger partial charge on any atom is -0.508 e. The second-order valence-electron chi connectivity index (χ2n) is 6.09. The molecule has 2 heterocycles. The van der Waals surface area contributed by atoms with Crippen molar-refractivity contribution < 1.29 is 19.1 Å². The van der Waals surface area contributed by atoms with Gasteiger partial charge in [-0.3, -0.25) is 14.5 Å². The van der Waals surface area contributed by atoms with Crippen molar-refractivity contribution in [2.45, 2.75) is 6.54 Å². The molecule has 2 aromatic carbocycles. The summed E-state index contributed by atoms with van der Waals surface area (Å²) in [5, 5.41) is 9.72. The standard InChI is InChI=1S/C20H12BrNO5S/c21-13-3-1-2-11(6-13)7-17-19(25)22(20(26)28-17)10-12-8-18(24)27-16-9-14(23)4-5-15(12)16/h1-9,23H,10H2/b17-7-. The highest BCUT2D eigenvalue weighted by Gasteiger charge is 2.35. The summed E-state index contributed by atoms with van der Waals surface area (Å²) in [5.41, 5.74) is 0.835. The van der Waals surface area contributed by atoms with Crippen LogP contribution in [0.3, 0.4) is 0 Å². The molecule has 0 radical (unpaired) electrons. The van der Waals surface area contributed by atoms with Gasteiger partial charge in [-0.15, -0.1) is 0 Å². The summed E-state index contributed by atoms with van der Waals surface area (Å²) >= 11 is 4.23. The molecule has 2 amide bonds. The number of hydrogen-bond acceptors (Lipinski definition) is 6. The number of carbonyl (C=O) groups is 2. The van der Waals surface area contributed by atoms with Crippen molar-refractivity contribution in [3.05, 3.63) is 79.5 Å². The molecule has 1 N–H and O–H groups in total. The number of aromatic hydroxyl groups is 1. The second-order valence-corrected chi connectivity index (χ2v) is 8.00. The molecule has 0 spiro atoms. The Balaban J connectivity index is 1.68. The van der Waals surface area contributed by atoms with Gasteiger partial charge in [0.15, 0.2) is 0 Å². The van der Waals surface area contributed by atoms with Gasteiger partial charge in [0.05, 0.1) is 11.4 Å². The number of hydrogen-bond donors (Lipinski definition) is 1. The summed E-state index contributed by atoms with van der Waals surface area (Å²) in [7, 11) is 0. The first-order valence-corrected chi connectivity index (χ1v) is 9.78. The van der Waals surface area contributed by atoms with Crippen molar-refractivity contribution in [1.29, 1.82) is 0 Å². The molecular formula is C20H12BrNO5S. The van der Waals surface area contributed by atoms with E-state index in [-0.39, 0.29) is 17.9 Å². The van der Waals surface area contributed by atoms with E-state index in [1.54, 1.807) is 12.1 Å². The van der Waals surface area contributed by atoms with Crippen LogP contribution in [0.2, 0.25) is 0 Å². The Morgan fingerprint density at radius 2 is 1.93 bits per heavy atom. The van der Waals surface area contributed by atoms with Gasteiger partial charge in [-0.05, 0) is 53.2 Å². The van der Waals surface area contributed by atoms with Gasteiger partial charge in [0.1, 0.15) is 11.3 Å². The highest BCUT2D eigenvalue weighted by Crippen LogP contribution is 2.34. The minimum atomic E-state index is -0.621. The van der Waals surface area contributed by atoms with Gasteiger partial charge in [-0.1, -0.05) is 28.1 Å². The zero-order chi connectivity index (χ0) is 19.8. The third-order valence-electron chi connectivity index (χ3n) is 4.16. The number of phenols is 1. The highest BCUT2D eigenvalue weighted by atomic mass is 79.9. The first kappa shape index (κ1) is 18.5. The van der Waals surface area contributed by atoms with Crippen molar-refractivity contribution in [3.63, 3.8) is 0 Å². The van der Waals surface area contributed by atoms with Crippen molar-refractivity contribution in [2.75, 3.05) is 0 Å². The summed E-state index contributed by atoms with van der Waals surface area (Å²) in [6, 6.07) is 13.0. The monoisotopic (exact) mass is 457 g/mol. The first-order valence-electron chi connectivity index (χ1n) is 8.17. The van der Waals surface area contributed by atoms with E-state index in [0.717, 1.165) is 26.7 Å². The van der Waals surface area contributed by atoms with Gasteiger partial charge in [-0.25, -0.2) is 4.79 Å². The van der Waals surface area contributed by atoms with Gasteiger partial charge in [0.25, 0.3) is 11.1 Å². The lowest BCUT2D eigenvalue weighted by Crippen LogP contribution is -2.28. The minimum absolute atomic E-state index is 0.0454. The summed E-state index contributed by atoms with van der Waals surface area (Å²) in [4.78, 5) is 38.4. The maximum Gasteiger partial charge on any atom is 0.336 e. The second kappa shape index (κ2) is 7.29. The van der Waals surface area contributed by atoms with Crippen molar-refractivity contribution in [2.24, 2.45) is 0 Å². The molecule has 0 bridgehead atoms. The van der Waals surface area contributed by atoms with Gasteiger partial charge >= 0.3 is 5.63 Å². The van der Waals surface area contributed by atoms with E-state index in [1.165, 1.54) is 18.2 Å². The molecular weight excluding hydrogens is 446 g/mol. The van der Waals surface area contributed by atoms with Crippen LogP contribution in [0, 0.1) is 0 Å². The third kappa shape index (κ3) is 3.61. The Bertz CT molecular complexity index is 1220. The zero-order valence-corrected chi connectivity index (χ0v) is 16.6. The number of nitrogens with zero attached hydrogens (tertiary/aromatic N) is 1. The Morgan fingerprint density at radius 3 is 2.71 bits per heavy atom. The van der Waals surface area contributed by atoms with Crippen LogP contribution in [0.15, 0.2) is 67.1 Å². The van der Waals surface area contributed by atoms with E-state index in [2.05, 4.69) is 15.9 Å². The van der Waals surface area contributed by atoms with Crippen LogP contribution in [0.25, 0.3) is 17.0 Å². The van der Waals surface area contributed by atoms with E-state index < -0.39 is 16.8 Å². The summed E-state index contributed by atoms with van der Waals surface area (Å²) < 4.78 is 5.95. The van der Waals surface area contributed by atoms with Crippen LogP contribution in [0.1, 0.15) is 11.1 Å². The SMILES string of the molecule is O=C1S/C(=C\c2cccc(Br)c2)C(=O)N1Cc1cc(=O)oc2cc(O)ccc12. The fraction of sp³-hybridized carbons (Fsp3) is 0.0500. The molecule has 0 saturated carbocycles. The van der Waals surface area contributed by atoms with Gasteiger partial charge < -0.3 is 9.52 Å². The van der Waals surface area contributed by atoms with E-state index in [9.17, 15) is 19.5 Å². The summed E-state index contributed by atoms with van der Waals surface area (Å²) in [5.74, 6) is -0.467. The topological polar surface area (TPSA) is 87.8 Å². The zero-order valence-electron chi connectivity index (χ0n) is 14.2. The number of fused-ring (bicyclic) bond motifs is 1. The Labute approximate surface area is 171 Å². The average molecular weight is 458 g/mol. The van der Waals surface area contributed by atoms with E-state index in [4.69, 9.17) is 4.42 Å². The highest BCUT2D eigenvalue weighted by molar-refractivity contribution is 9.10. The number of rotatable bonds is 3. The number of benzene rings is 2. The molecule has 140 valence electrons. The first-order chi connectivity index (χ1) is 13.4. The summed E-state index contributed by atoms with van der Waals surface area (Å²) in [6.07, 6.45) is 1.66. The molecule has 6 nitrogen and oxygen atoms in total. The molecule has 0 unspecified atom stereocenters. The number of amides is 2. The molecule has 0 atom stereocenters. The normalized spacial score (nSPS) is 15.8. The number of phenolic OH excluding ortho intramolecular Hbond substituents is 1. The number of carbonyl (C=O) groups excluding carboxylic acids is 2. The molecule has 28 heavy (non-hydrogen) atoms. The lowest BCUT2D eigenvalue weighted by atomic mass is 10.1. The lowest BCUT2D eigenvalue weighted by Gasteiger charge is -2.13. The molecule has 1 aliphatic heterocycles. The van der Waals surface area contributed by atoms with E-state index >= 15 is 0 Å². The van der Waals surface area contributed by atoms with Gasteiger partial charge in [0.2, 0.25) is 0 Å². The van der Waals surface area contributed by atoms with Gasteiger partial charge in [-0.2, -0.15) is 0 Å². The largest absolute Gasteiger partial charge is 0.508 e. The van der Waals surface area contributed by atoms with Gasteiger partial charge in [0, 0.05) is 22.0 Å². The third-order valence-corrected chi connectivity index (χ3v) is 5.56. The molecule has 3 aromatic rings. The van der Waals surface area contributed by atoms with Crippen LogP contribution in [0.5, 0.6) is 5.75 Å². The van der Waals surface area contributed by atoms with Crippen LogP contribution >= 0.6 is 27.7 Å². The van der Waals surface area contributed by atoms with Crippen LogP contribution in [-0.2, 0) is 11.3 Å². The molecule has 4 rings (SSSR count). The maximum atomic E-state index is 12.7. The molecule has 0 aliphatic carbocycles. The fourth-order valence-corrected chi connectivity index (χ4v) is 4.16. The fourth-order valence-electron chi connectivity index (χ4n) is 2.90. The van der Waals surface area contributed by atoms with Crippen molar-refractivity contribution >= 4 is 55.9 Å². The number of thioether (sulfide) groups is 1. The van der Waals surface area contributed by atoms with Crippen LogP contribution in [0.4, 0.5) is 4.79 Å². The predicted molar refractivity (Wildman–Crippen MR) is 110 cm³/mol. The van der Waals surface area contributed by atoms with Crippen LogP contribution in [-0.4, -0.2) is 21.2 Å². The lowest BCUT2D eigenvalue weighted by molar-refractivity contribution is -0.123. The predicted octanol–water partition coefficient (Wildman–Crippen LogP) is 4.50. The Hall–Kier alpha value is -2.84. The maximum absolute atomic E-state index is 12.7. The average Bonchev–Trinajstić information content (AvgIpc) is 2.88. The molecule has 8 heteroatoms. The number of halogens is 1. The van der Waals surface area contributed by atoms with E-state index in [0.29, 0.717) is 15.9 Å². The quantitative estimate of drug-likeness (QED) is 0.460. The summed E-state index contributed by atoms with van der Waals surface area (Å²) in [6.45, 7) is -0.0621. The smallest absolute Gasteiger partial charge is 0.336 e. The van der Waals surface area contributed by atoms with Crippen molar-refractivity contribution in [3.8, 4) is 5.75 Å². The Morgan fingerprint density at radius 1 is 1.11 bits per heavy atom. The van der Waals surface area contributed by atoms with Crippen LogP contribution < -0.4 is 5.63 Å². The molecule has 1 saturated heterocycles. The molecule has 1 aliphatic rings.